The van der Waals surface area contributed by atoms with Gasteiger partial charge in [0, 0.05) is 24.6 Å². The first-order chi connectivity index (χ1) is 10.9. The summed E-state index contributed by atoms with van der Waals surface area (Å²) in [4.78, 5) is 26.4. The van der Waals surface area contributed by atoms with Gasteiger partial charge in [0.2, 0.25) is 5.89 Å². The lowest BCUT2D eigenvalue weighted by atomic mass is 10.1. The van der Waals surface area contributed by atoms with Crippen molar-refractivity contribution in [3.8, 4) is 0 Å². The maximum absolute atomic E-state index is 11.9. The molecule has 2 amide bonds. The molecule has 1 aromatic heterocycles. The van der Waals surface area contributed by atoms with E-state index in [1.54, 1.807) is 26.8 Å². The van der Waals surface area contributed by atoms with Gasteiger partial charge in [0.15, 0.2) is 5.82 Å². The topological polar surface area (TPSA) is 123 Å². The average molecular weight is 319 g/mol. The number of benzene rings is 1. The highest BCUT2D eigenvalue weighted by molar-refractivity contribution is 5.90. The van der Waals surface area contributed by atoms with Gasteiger partial charge in [-0.2, -0.15) is 4.98 Å². The molecule has 1 heterocycles. The number of nitrogens with one attached hydrogen (secondary N) is 2. The van der Waals surface area contributed by atoms with Gasteiger partial charge in [0.05, 0.1) is 10.6 Å². The predicted molar refractivity (Wildman–Crippen MR) is 82.3 cm³/mol. The zero-order valence-corrected chi connectivity index (χ0v) is 13.0. The SMILES string of the molecule is Cc1noc(CCNC(=O)Nc2cc([N+](=O)[O-])c(C)cc2C)n1. The van der Waals surface area contributed by atoms with Gasteiger partial charge in [-0.15, -0.1) is 0 Å². The summed E-state index contributed by atoms with van der Waals surface area (Å²) in [6, 6.07) is 2.56. The molecule has 23 heavy (non-hydrogen) atoms. The first-order valence-electron chi connectivity index (χ1n) is 6.96. The van der Waals surface area contributed by atoms with E-state index in [4.69, 9.17) is 4.52 Å². The number of amides is 2. The van der Waals surface area contributed by atoms with Crippen LogP contribution in [0.25, 0.3) is 0 Å². The number of hydrogen-bond acceptors (Lipinski definition) is 6. The van der Waals surface area contributed by atoms with Crippen molar-refractivity contribution < 1.29 is 14.2 Å². The molecule has 0 atom stereocenters. The second kappa shape index (κ2) is 6.86. The molecule has 122 valence electrons. The van der Waals surface area contributed by atoms with Gasteiger partial charge in [-0.1, -0.05) is 5.16 Å². The third kappa shape index (κ3) is 4.25. The number of urea groups is 1. The van der Waals surface area contributed by atoms with Crippen LogP contribution < -0.4 is 10.6 Å². The molecule has 0 saturated heterocycles. The molecule has 0 fully saturated rings. The summed E-state index contributed by atoms with van der Waals surface area (Å²) in [6.07, 6.45) is 0.404. The number of nitro benzene ring substituents is 1. The smallest absolute Gasteiger partial charge is 0.319 e. The molecule has 1 aromatic carbocycles. The summed E-state index contributed by atoms with van der Waals surface area (Å²) in [6.45, 7) is 5.44. The number of carbonyl (C=O) groups excluding carboxylic acids is 1. The van der Waals surface area contributed by atoms with Crippen LogP contribution in [0.2, 0.25) is 0 Å². The van der Waals surface area contributed by atoms with Crippen molar-refractivity contribution in [3.05, 3.63) is 45.1 Å². The van der Waals surface area contributed by atoms with E-state index in [0.29, 0.717) is 35.9 Å². The van der Waals surface area contributed by atoms with Crippen LogP contribution in [0.5, 0.6) is 0 Å². The first-order valence-corrected chi connectivity index (χ1v) is 6.96. The van der Waals surface area contributed by atoms with Crippen molar-refractivity contribution >= 4 is 17.4 Å². The molecule has 0 bridgehead atoms. The minimum absolute atomic E-state index is 0.0350. The number of anilines is 1. The summed E-state index contributed by atoms with van der Waals surface area (Å²) in [5.74, 6) is 0.969. The van der Waals surface area contributed by atoms with Crippen LogP contribution in [-0.2, 0) is 6.42 Å². The predicted octanol–water partition coefficient (Wildman–Crippen LogP) is 2.27. The zero-order valence-electron chi connectivity index (χ0n) is 13.0. The number of nitro groups is 1. The molecule has 0 aliphatic rings. The van der Waals surface area contributed by atoms with Gasteiger partial charge in [-0.3, -0.25) is 10.1 Å². The Kier molecular flexibility index (Phi) is 4.89. The van der Waals surface area contributed by atoms with Crippen molar-refractivity contribution in [2.24, 2.45) is 0 Å². The Morgan fingerprint density at radius 1 is 1.30 bits per heavy atom. The number of nitrogens with zero attached hydrogens (tertiary/aromatic N) is 3. The second-order valence-corrected chi connectivity index (χ2v) is 5.08. The van der Waals surface area contributed by atoms with E-state index < -0.39 is 11.0 Å². The van der Waals surface area contributed by atoms with Crippen molar-refractivity contribution in [1.82, 2.24) is 15.5 Å². The lowest BCUT2D eigenvalue weighted by Crippen LogP contribution is -2.30. The monoisotopic (exact) mass is 319 g/mol. The van der Waals surface area contributed by atoms with Gasteiger partial charge in [0.1, 0.15) is 0 Å². The number of rotatable bonds is 5. The van der Waals surface area contributed by atoms with Crippen molar-refractivity contribution in [2.75, 3.05) is 11.9 Å². The Bertz CT molecular complexity index is 741. The van der Waals surface area contributed by atoms with Gasteiger partial charge in [-0.05, 0) is 32.4 Å². The van der Waals surface area contributed by atoms with Crippen molar-refractivity contribution in [2.45, 2.75) is 27.2 Å². The van der Waals surface area contributed by atoms with Crippen LogP contribution >= 0.6 is 0 Å². The lowest BCUT2D eigenvalue weighted by molar-refractivity contribution is -0.385. The maximum Gasteiger partial charge on any atom is 0.319 e. The van der Waals surface area contributed by atoms with E-state index in [1.807, 2.05) is 0 Å². The fourth-order valence-electron chi connectivity index (χ4n) is 2.06. The number of aryl methyl sites for hydroxylation is 3. The second-order valence-electron chi connectivity index (χ2n) is 5.08. The Morgan fingerprint density at radius 3 is 2.65 bits per heavy atom. The summed E-state index contributed by atoms with van der Waals surface area (Å²) in [7, 11) is 0. The van der Waals surface area contributed by atoms with Crippen molar-refractivity contribution in [3.63, 3.8) is 0 Å². The molecule has 0 radical (unpaired) electrons. The molecule has 9 nitrogen and oxygen atoms in total. The van der Waals surface area contributed by atoms with Gasteiger partial charge in [-0.25, -0.2) is 4.79 Å². The first kappa shape index (κ1) is 16.4. The number of hydrogen-bond donors (Lipinski definition) is 2. The average Bonchev–Trinajstić information content (AvgIpc) is 2.87. The summed E-state index contributed by atoms with van der Waals surface area (Å²) >= 11 is 0. The Morgan fingerprint density at radius 2 is 2.04 bits per heavy atom. The minimum atomic E-state index is -0.476. The van der Waals surface area contributed by atoms with Crippen LogP contribution in [-0.4, -0.2) is 27.6 Å². The van der Waals surface area contributed by atoms with E-state index in [9.17, 15) is 14.9 Å². The number of aromatic nitrogens is 2. The molecular weight excluding hydrogens is 302 g/mol. The molecule has 2 rings (SSSR count). The summed E-state index contributed by atoms with van der Waals surface area (Å²) < 4.78 is 4.93. The molecule has 0 aliphatic carbocycles. The van der Waals surface area contributed by atoms with Crippen LogP contribution in [0.4, 0.5) is 16.2 Å². The molecule has 0 unspecified atom stereocenters. The van der Waals surface area contributed by atoms with E-state index in [2.05, 4.69) is 20.8 Å². The third-order valence-electron chi connectivity index (χ3n) is 3.18. The van der Waals surface area contributed by atoms with E-state index in [0.717, 1.165) is 5.56 Å². The van der Waals surface area contributed by atoms with Crippen LogP contribution in [0.15, 0.2) is 16.7 Å². The number of carbonyl (C=O) groups is 1. The van der Waals surface area contributed by atoms with Crippen LogP contribution in [0.3, 0.4) is 0 Å². The van der Waals surface area contributed by atoms with Gasteiger partial charge in [0.25, 0.3) is 5.69 Å². The largest absolute Gasteiger partial charge is 0.339 e. The van der Waals surface area contributed by atoms with Gasteiger partial charge < -0.3 is 15.2 Å². The standard InChI is InChI=1S/C14H17N5O4/c1-8-6-9(2)12(19(21)22)7-11(8)17-14(20)15-5-4-13-16-10(3)18-23-13/h6-7H,4-5H2,1-3H3,(H2,15,17,20). The molecule has 0 spiro atoms. The van der Waals surface area contributed by atoms with E-state index in [1.165, 1.54) is 6.07 Å². The third-order valence-corrected chi connectivity index (χ3v) is 3.18. The molecule has 2 aromatic rings. The van der Waals surface area contributed by atoms with Crippen LogP contribution in [0, 0.1) is 30.9 Å². The molecule has 2 N–H and O–H groups in total. The summed E-state index contributed by atoms with van der Waals surface area (Å²) in [5, 5.41) is 19.8. The van der Waals surface area contributed by atoms with E-state index >= 15 is 0 Å². The fourth-order valence-corrected chi connectivity index (χ4v) is 2.06. The molecular formula is C14H17N5O4. The highest BCUT2D eigenvalue weighted by Crippen LogP contribution is 2.26. The maximum atomic E-state index is 11.9. The minimum Gasteiger partial charge on any atom is -0.339 e. The van der Waals surface area contributed by atoms with Gasteiger partial charge >= 0.3 is 6.03 Å². The quantitative estimate of drug-likeness (QED) is 0.643. The van der Waals surface area contributed by atoms with E-state index in [-0.39, 0.29) is 5.69 Å². The fraction of sp³-hybridized carbons (Fsp3) is 0.357. The highest BCUT2D eigenvalue weighted by atomic mass is 16.6. The van der Waals surface area contributed by atoms with Crippen molar-refractivity contribution in [1.29, 1.82) is 0 Å². The Labute approximate surface area is 132 Å². The normalized spacial score (nSPS) is 10.4. The Hall–Kier alpha value is -2.97. The molecule has 0 aliphatic heterocycles. The zero-order chi connectivity index (χ0) is 17.0. The molecule has 0 saturated carbocycles. The highest BCUT2D eigenvalue weighted by Gasteiger charge is 2.15. The summed E-state index contributed by atoms with van der Waals surface area (Å²) in [5.41, 5.74) is 1.65. The van der Waals surface area contributed by atoms with Crippen LogP contribution in [0.1, 0.15) is 22.8 Å². The molecule has 9 heteroatoms. The lowest BCUT2D eigenvalue weighted by Gasteiger charge is -2.10. The Balaban J connectivity index is 1.94.